The molecule has 1 aliphatic rings. The van der Waals surface area contributed by atoms with Gasteiger partial charge in [-0.2, -0.15) is 0 Å². The van der Waals surface area contributed by atoms with Crippen molar-refractivity contribution in [3.05, 3.63) is 42.1 Å². The number of pyridine rings is 1. The van der Waals surface area contributed by atoms with E-state index in [4.69, 9.17) is 14.2 Å². The van der Waals surface area contributed by atoms with Crippen molar-refractivity contribution in [3.63, 3.8) is 0 Å². The van der Waals surface area contributed by atoms with Crippen molar-refractivity contribution in [2.24, 2.45) is 16.8 Å². The highest BCUT2D eigenvalue weighted by Crippen LogP contribution is 2.39. The highest BCUT2D eigenvalue weighted by Gasteiger charge is 2.24. The SMILES string of the molecule is CN=C(NCc1ccc(Oc2c(OC)cccc2OC)nc1)N1CC(C)CC(C)C1.I. The molecule has 1 aromatic heterocycles. The molecule has 2 aromatic rings. The Morgan fingerprint density at radius 3 is 2.26 bits per heavy atom. The number of nitrogens with one attached hydrogen (secondary N) is 1. The number of methoxy groups -OCH3 is 2. The number of nitrogens with zero attached hydrogens (tertiary/aromatic N) is 3. The van der Waals surface area contributed by atoms with E-state index in [-0.39, 0.29) is 24.0 Å². The third kappa shape index (κ3) is 6.62. The average molecular weight is 540 g/mol. The van der Waals surface area contributed by atoms with Gasteiger partial charge in [0.25, 0.3) is 0 Å². The van der Waals surface area contributed by atoms with Gasteiger partial charge in [-0.15, -0.1) is 24.0 Å². The molecule has 2 atom stereocenters. The summed E-state index contributed by atoms with van der Waals surface area (Å²) in [7, 11) is 5.03. The Balaban J connectivity index is 0.00000341. The molecule has 1 fully saturated rings. The zero-order chi connectivity index (χ0) is 21.5. The van der Waals surface area contributed by atoms with Gasteiger partial charge in [0.2, 0.25) is 11.6 Å². The molecule has 3 rings (SSSR count). The van der Waals surface area contributed by atoms with Crippen LogP contribution in [0.2, 0.25) is 0 Å². The number of likely N-dealkylation sites (tertiary alicyclic amines) is 1. The van der Waals surface area contributed by atoms with Crippen LogP contribution in [0.3, 0.4) is 0 Å². The summed E-state index contributed by atoms with van der Waals surface area (Å²) in [6.07, 6.45) is 3.08. The molecule has 2 heterocycles. The molecule has 0 aliphatic carbocycles. The molecule has 31 heavy (non-hydrogen) atoms. The monoisotopic (exact) mass is 540 g/mol. The normalized spacial score (nSPS) is 18.7. The van der Waals surface area contributed by atoms with E-state index in [9.17, 15) is 0 Å². The summed E-state index contributed by atoms with van der Waals surface area (Å²) in [6, 6.07) is 9.33. The second kappa shape index (κ2) is 12.0. The van der Waals surface area contributed by atoms with E-state index in [1.165, 1.54) is 6.42 Å². The first-order chi connectivity index (χ1) is 14.5. The molecule has 1 aliphatic heterocycles. The van der Waals surface area contributed by atoms with Crippen LogP contribution in [0.4, 0.5) is 0 Å². The third-order valence-electron chi connectivity index (χ3n) is 5.22. The summed E-state index contributed by atoms with van der Waals surface area (Å²) in [4.78, 5) is 11.2. The van der Waals surface area contributed by atoms with E-state index in [1.807, 2.05) is 37.4 Å². The van der Waals surface area contributed by atoms with Gasteiger partial charge in [-0.1, -0.05) is 26.0 Å². The Labute approximate surface area is 202 Å². The van der Waals surface area contributed by atoms with Gasteiger partial charge in [0.15, 0.2) is 17.5 Å². The van der Waals surface area contributed by atoms with Crippen molar-refractivity contribution in [3.8, 4) is 23.1 Å². The molecule has 1 N–H and O–H groups in total. The molecule has 1 aromatic carbocycles. The first kappa shape index (κ1) is 25.0. The number of aliphatic imine (C=N–C) groups is 1. The van der Waals surface area contributed by atoms with Crippen LogP contribution < -0.4 is 19.5 Å². The zero-order valence-corrected chi connectivity index (χ0v) is 21.3. The summed E-state index contributed by atoms with van der Waals surface area (Å²) in [5.41, 5.74) is 1.05. The van der Waals surface area contributed by atoms with E-state index in [1.54, 1.807) is 20.4 Å². The summed E-state index contributed by atoms with van der Waals surface area (Å²) in [5.74, 6) is 4.47. The first-order valence-corrected chi connectivity index (χ1v) is 10.3. The van der Waals surface area contributed by atoms with Crippen molar-refractivity contribution in [1.82, 2.24) is 15.2 Å². The van der Waals surface area contributed by atoms with E-state index < -0.39 is 0 Å². The highest BCUT2D eigenvalue weighted by atomic mass is 127. The number of ether oxygens (including phenoxy) is 3. The topological polar surface area (TPSA) is 68.2 Å². The minimum absolute atomic E-state index is 0. The quantitative estimate of drug-likeness (QED) is 0.329. The van der Waals surface area contributed by atoms with Crippen LogP contribution in [0.15, 0.2) is 41.5 Å². The number of piperidine rings is 1. The van der Waals surface area contributed by atoms with Crippen molar-refractivity contribution >= 4 is 29.9 Å². The van der Waals surface area contributed by atoms with Gasteiger partial charge in [-0.05, 0) is 36.0 Å². The predicted molar refractivity (Wildman–Crippen MR) is 134 cm³/mol. The molecular formula is C23H33IN4O3. The lowest BCUT2D eigenvalue weighted by Crippen LogP contribution is -2.48. The van der Waals surface area contributed by atoms with Gasteiger partial charge in [0.05, 0.1) is 14.2 Å². The smallest absolute Gasteiger partial charge is 0.219 e. The lowest BCUT2D eigenvalue weighted by molar-refractivity contribution is 0.208. The van der Waals surface area contributed by atoms with Crippen LogP contribution in [-0.4, -0.2) is 50.2 Å². The molecule has 170 valence electrons. The van der Waals surface area contributed by atoms with Crippen LogP contribution in [-0.2, 0) is 6.54 Å². The van der Waals surface area contributed by atoms with Gasteiger partial charge in [0.1, 0.15) is 0 Å². The zero-order valence-electron chi connectivity index (χ0n) is 18.9. The summed E-state index contributed by atoms with van der Waals surface area (Å²) in [6.45, 7) is 7.33. The molecular weight excluding hydrogens is 507 g/mol. The Morgan fingerprint density at radius 2 is 1.74 bits per heavy atom. The maximum Gasteiger partial charge on any atom is 0.219 e. The van der Waals surface area contributed by atoms with Crippen LogP contribution in [0.1, 0.15) is 25.8 Å². The van der Waals surface area contributed by atoms with Crippen LogP contribution in [0.5, 0.6) is 23.1 Å². The molecule has 0 amide bonds. The Morgan fingerprint density at radius 1 is 1.10 bits per heavy atom. The maximum absolute atomic E-state index is 5.93. The highest BCUT2D eigenvalue weighted by molar-refractivity contribution is 14.0. The molecule has 0 radical (unpaired) electrons. The lowest BCUT2D eigenvalue weighted by Gasteiger charge is -2.37. The van der Waals surface area contributed by atoms with Crippen molar-refractivity contribution in [1.29, 1.82) is 0 Å². The fraction of sp³-hybridized carbons (Fsp3) is 0.478. The Hall–Kier alpha value is -2.23. The van der Waals surface area contributed by atoms with Crippen LogP contribution in [0, 0.1) is 11.8 Å². The minimum Gasteiger partial charge on any atom is -0.493 e. The average Bonchev–Trinajstić information content (AvgIpc) is 2.74. The second-order valence-corrected chi connectivity index (χ2v) is 7.85. The van der Waals surface area contributed by atoms with Crippen molar-refractivity contribution in [2.45, 2.75) is 26.8 Å². The van der Waals surface area contributed by atoms with Gasteiger partial charge in [-0.25, -0.2) is 4.98 Å². The van der Waals surface area contributed by atoms with Gasteiger partial charge in [0, 0.05) is 38.9 Å². The van der Waals surface area contributed by atoms with E-state index in [0.29, 0.717) is 41.5 Å². The van der Waals surface area contributed by atoms with Crippen LogP contribution in [0.25, 0.3) is 0 Å². The molecule has 2 unspecified atom stereocenters. The van der Waals surface area contributed by atoms with Crippen molar-refractivity contribution in [2.75, 3.05) is 34.4 Å². The van der Waals surface area contributed by atoms with E-state index >= 15 is 0 Å². The minimum atomic E-state index is 0. The van der Waals surface area contributed by atoms with Gasteiger partial charge < -0.3 is 24.4 Å². The molecule has 0 bridgehead atoms. The second-order valence-electron chi connectivity index (χ2n) is 7.85. The number of para-hydroxylation sites is 1. The maximum atomic E-state index is 5.93. The number of aromatic nitrogens is 1. The Kier molecular flexibility index (Phi) is 9.67. The predicted octanol–water partition coefficient (Wildman–Crippen LogP) is 4.56. The number of halogens is 1. The molecule has 1 saturated heterocycles. The number of benzene rings is 1. The Bertz CT molecular complexity index is 828. The van der Waals surface area contributed by atoms with Gasteiger partial charge in [-0.3, -0.25) is 4.99 Å². The largest absolute Gasteiger partial charge is 0.493 e. The number of hydrogen-bond acceptors (Lipinski definition) is 5. The van der Waals surface area contributed by atoms with Crippen LogP contribution >= 0.6 is 24.0 Å². The summed E-state index contributed by atoms with van der Waals surface area (Å²) >= 11 is 0. The lowest BCUT2D eigenvalue weighted by atomic mass is 9.92. The summed E-state index contributed by atoms with van der Waals surface area (Å²) < 4.78 is 16.7. The standard InChI is InChI=1S/C23H32N4O3.HI/c1-16-11-17(2)15-27(14-16)23(24-3)26-13-18-9-10-21(25-12-18)30-22-19(28-4)7-6-8-20(22)29-5;/h6-10,12,16-17H,11,13-15H2,1-5H3,(H,24,26);1H. The number of rotatable bonds is 6. The fourth-order valence-electron chi connectivity index (χ4n) is 3.95. The van der Waals surface area contributed by atoms with Gasteiger partial charge >= 0.3 is 0 Å². The fourth-order valence-corrected chi connectivity index (χ4v) is 3.95. The summed E-state index contributed by atoms with van der Waals surface area (Å²) in [5, 5.41) is 3.46. The number of guanidine groups is 1. The molecule has 0 spiro atoms. The molecule has 8 heteroatoms. The third-order valence-corrected chi connectivity index (χ3v) is 5.22. The van der Waals surface area contributed by atoms with E-state index in [0.717, 1.165) is 24.6 Å². The van der Waals surface area contributed by atoms with Crippen molar-refractivity contribution < 1.29 is 14.2 Å². The molecule has 0 saturated carbocycles. The van der Waals surface area contributed by atoms with E-state index in [2.05, 4.69) is 34.0 Å². The first-order valence-electron chi connectivity index (χ1n) is 10.3. The molecule has 7 nitrogen and oxygen atoms in total. The number of hydrogen-bond donors (Lipinski definition) is 1.